The van der Waals surface area contributed by atoms with Gasteiger partial charge in [0.2, 0.25) is 0 Å². The molecule has 0 aromatic heterocycles. The SMILES string of the molecule is NCCCCCCCCCCNC(=O)c1ccccc1Br. The van der Waals surface area contributed by atoms with E-state index in [1.807, 2.05) is 24.3 Å². The smallest absolute Gasteiger partial charge is 0.252 e. The Balaban J connectivity index is 1.99. The van der Waals surface area contributed by atoms with Crippen LogP contribution in [0.3, 0.4) is 0 Å². The molecule has 0 aliphatic rings. The van der Waals surface area contributed by atoms with Crippen LogP contribution in [0.1, 0.15) is 61.7 Å². The average molecular weight is 355 g/mol. The molecule has 21 heavy (non-hydrogen) atoms. The molecule has 1 amide bonds. The molecule has 3 nitrogen and oxygen atoms in total. The van der Waals surface area contributed by atoms with Crippen molar-refractivity contribution in [3.8, 4) is 0 Å². The van der Waals surface area contributed by atoms with Crippen molar-refractivity contribution < 1.29 is 4.79 Å². The van der Waals surface area contributed by atoms with Crippen LogP contribution in [0.15, 0.2) is 28.7 Å². The fraction of sp³-hybridized carbons (Fsp3) is 0.588. The van der Waals surface area contributed by atoms with Gasteiger partial charge in [-0.2, -0.15) is 0 Å². The monoisotopic (exact) mass is 354 g/mol. The molecule has 4 heteroatoms. The normalized spacial score (nSPS) is 10.6. The van der Waals surface area contributed by atoms with Crippen molar-refractivity contribution in [2.45, 2.75) is 51.4 Å². The van der Waals surface area contributed by atoms with Gasteiger partial charge in [-0.05, 0) is 47.4 Å². The Bertz CT molecular complexity index is 410. The lowest BCUT2D eigenvalue weighted by atomic mass is 10.1. The summed E-state index contributed by atoms with van der Waals surface area (Å²) in [6.45, 7) is 1.57. The second kappa shape index (κ2) is 11.8. The first-order chi connectivity index (χ1) is 10.3. The molecular formula is C17H27BrN2O. The van der Waals surface area contributed by atoms with Crippen LogP contribution in [-0.2, 0) is 0 Å². The summed E-state index contributed by atoms with van der Waals surface area (Å²) in [5, 5.41) is 2.98. The number of rotatable bonds is 11. The molecule has 0 fully saturated rings. The number of amides is 1. The Morgan fingerprint density at radius 2 is 1.52 bits per heavy atom. The van der Waals surface area contributed by atoms with E-state index in [-0.39, 0.29) is 5.91 Å². The largest absolute Gasteiger partial charge is 0.352 e. The first-order valence-corrected chi connectivity index (χ1v) is 8.78. The summed E-state index contributed by atoms with van der Waals surface area (Å²) in [5.41, 5.74) is 6.17. The van der Waals surface area contributed by atoms with E-state index in [1.165, 1.54) is 38.5 Å². The highest BCUT2D eigenvalue weighted by atomic mass is 79.9. The maximum Gasteiger partial charge on any atom is 0.252 e. The third-order valence-electron chi connectivity index (χ3n) is 3.53. The number of nitrogens with one attached hydrogen (secondary N) is 1. The number of benzene rings is 1. The molecule has 0 radical (unpaired) electrons. The van der Waals surface area contributed by atoms with Crippen molar-refractivity contribution >= 4 is 21.8 Å². The Hall–Kier alpha value is -0.870. The molecule has 3 N–H and O–H groups in total. The predicted octanol–water partition coefficient (Wildman–Crippen LogP) is 4.26. The van der Waals surface area contributed by atoms with Crippen molar-refractivity contribution in [2.24, 2.45) is 5.73 Å². The van der Waals surface area contributed by atoms with Crippen molar-refractivity contribution in [3.05, 3.63) is 34.3 Å². The van der Waals surface area contributed by atoms with Gasteiger partial charge in [-0.25, -0.2) is 0 Å². The number of unbranched alkanes of at least 4 members (excludes halogenated alkanes) is 7. The van der Waals surface area contributed by atoms with E-state index in [9.17, 15) is 4.79 Å². The summed E-state index contributed by atoms with van der Waals surface area (Å²) in [7, 11) is 0. The van der Waals surface area contributed by atoms with Crippen LogP contribution in [0.4, 0.5) is 0 Å². The minimum atomic E-state index is 0.00394. The fourth-order valence-electron chi connectivity index (χ4n) is 2.27. The highest BCUT2D eigenvalue weighted by molar-refractivity contribution is 9.10. The van der Waals surface area contributed by atoms with E-state index in [0.717, 1.165) is 30.4 Å². The number of carbonyl (C=O) groups excluding carboxylic acids is 1. The standard InChI is InChI=1S/C17H27BrN2O/c18-16-12-8-7-11-15(16)17(21)20-14-10-6-4-2-1-3-5-9-13-19/h7-8,11-12H,1-6,9-10,13-14,19H2,(H,20,21). The van der Waals surface area contributed by atoms with Crippen LogP contribution < -0.4 is 11.1 Å². The Labute approximate surface area is 136 Å². The van der Waals surface area contributed by atoms with Gasteiger partial charge in [-0.1, -0.05) is 50.7 Å². The summed E-state index contributed by atoms with van der Waals surface area (Å²) in [6, 6.07) is 7.51. The molecule has 1 aromatic rings. The van der Waals surface area contributed by atoms with Crippen molar-refractivity contribution in [1.82, 2.24) is 5.32 Å². The Kier molecular flexibility index (Phi) is 10.2. The zero-order valence-electron chi connectivity index (χ0n) is 12.7. The zero-order chi connectivity index (χ0) is 15.3. The van der Waals surface area contributed by atoms with Gasteiger partial charge in [0.1, 0.15) is 0 Å². The number of carbonyl (C=O) groups is 1. The fourth-order valence-corrected chi connectivity index (χ4v) is 2.74. The molecule has 0 unspecified atom stereocenters. The summed E-state index contributed by atoms with van der Waals surface area (Å²) in [5.74, 6) is 0.00394. The van der Waals surface area contributed by atoms with Crippen LogP contribution in [0.2, 0.25) is 0 Å². The van der Waals surface area contributed by atoms with Crippen LogP contribution in [0.5, 0.6) is 0 Å². The second-order valence-electron chi connectivity index (χ2n) is 5.35. The lowest BCUT2D eigenvalue weighted by Crippen LogP contribution is -2.24. The quantitative estimate of drug-likeness (QED) is 0.583. The Morgan fingerprint density at radius 3 is 2.14 bits per heavy atom. The molecule has 0 spiro atoms. The van der Waals surface area contributed by atoms with E-state index in [1.54, 1.807) is 0 Å². The molecule has 0 bridgehead atoms. The van der Waals surface area contributed by atoms with Gasteiger partial charge < -0.3 is 11.1 Å². The molecule has 1 rings (SSSR count). The highest BCUT2D eigenvalue weighted by Crippen LogP contribution is 2.15. The lowest BCUT2D eigenvalue weighted by molar-refractivity contribution is 0.0952. The van der Waals surface area contributed by atoms with Gasteiger partial charge in [0.15, 0.2) is 0 Å². The first kappa shape index (κ1) is 18.2. The van der Waals surface area contributed by atoms with Gasteiger partial charge in [0.25, 0.3) is 5.91 Å². The molecule has 0 aliphatic carbocycles. The molecule has 0 atom stereocenters. The van der Waals surface area contributed by atoms with E-state index < -0.39 is 0 Å². The second-order valence-corrected chi connectivity index (χ2v) is 6.21. The maximum atomic E-state index is 11.9. The van der Waals surface area contributed by atoms with Crippen molar-refractivity contribution in [2.75, 3.05) is 13.1 Å². The van der Waals surface area contributed by atoms with Gasteiger partial charge in [0.05, 0.1) is 5.56 Å². The van der Waals surface area contributed by atoms with Crippen LogP contribution >= 0.6 is 15.9 Å². The summed E-state index contributed by atoms with van der Waals surface area (Å²) in [6.07, 6.45) is 9.82. The van der Waals surface area contributed by atoms with Crippen LogP contribution in [-0.4, -0.2) is 19.0 Å². The number of hydrogen-bond donors (Lipinski definition) is 2. The molecule has 0 aliphatic heterocycles. The number of hydrogen-bond acceptors (Lipinski definition) is 2. The maximum absolute atomic E-state index is 11.9. The van der Waals surface area contributed by atoms with E-state index in [4.69, 9.17) is 5.73 Å². The van der Waals surface area contributed by atoms with Crippen LogP contribution in [0.25, 0.3) is 0 Å². The molecule has 118 valence electrons. The zero-order valence-corrected chi connectivity index (χ0v) is 14.3. The van der Waals surface area contributed by atoms with Crippen molar-refractivity contribution in [1.29, 1.82) is 0 Å². The summed E-state index contributed by atoms with van der Waals surface area (Å²) < 4.78 is 0.847. The molecule has 1 aromatic carbocycles. The van der Waals surface area contributed by atoms with Gasteiger partial charge in [-0.3, -0.25) is 4.79 Å². The summed E-state index contributed by atoms with van der Waals surface area (Å²) >= 11 is 3.40. The lowest BCUT2D eigenvalue weighted by Gasteiger charge is -2.06. The molecule has 0 saturated carbocycles. The van der Waals surface area contributed by atoms with Crippen LogP contribution in [0, 0.1) is 0 Å². The topological polar surface area (TPSA) is 55.1 Å². The third-order valence-corrected chi connectivity index (χ3v) is 4.23. The van der Waals surface area contributed by atoms with E-state index in [2.05, 4.69) is 21.2 Å². The number of halogens is 1. The minimum absolute atomic E-state index is 0.00394. The highest BCUT2D eigenvalue weighted by Gasteiger charge is 2.07. The van der Waals surface area contributed by atoms with Gasteiger partial charge >= 0.3 is 0 Å². The molecular weight excluding hydrogens is 328 g/mol. The van der Waals surface area contributed by atoms with Crippen molar-refractivity contribution in [3.63, 3.8) is 0 Å². The van der Waals surface area contributed by atoms with Gasteiger partial charge in [-0.15, -0.1) is 0 Å². The minimum Gasteiger partial charge on any atom is -0.352 e. The molecule has 0 saturated heterocycles. The third kappa shape index (κ3) is 8.22. The summed E-state index contributed by atoms with van der Waals surface area (Å²) in [4.78, 5) is 11.9. The first-order valence-electron chi connectivity index (χ1n) is 7.98. The van der Waals surface area contributed by atoms with Gasteiger partial charge in [0, 0.05) is 11.0 Å². The van der Waals surface area contributed by atoms with E-state index >= 15 is 0 Å². The van der Waals surface area contributed by atoms with E-state index in [0.29, 0.717) is 5.56 Å². The molecule has 0 heterocycles. The predicted molar refractivity (Wildman–Crippen MR) is 92.5 cm³/mol. The Morgan fingerprint density at radius 1 is 0.952 bits per heavy atom. The number of nitrogens with two attached hydrogens (primary N) is 1. The average Bonchev–Trinajstić information content (AvgIpc) is 2.49.